The Morgan fingerprint density at radius 2 is 2.20 bits per heavy atom. The molecule has 6 heteroatoms. The molecule has 1 amide bonds. The fraction of sp³-hybridized carbons (Fsp3) is 0.889. The lowest BCUT2D eigenvalue weighted by Gasteiger charge is -2.26. The number of aliphatic hydroxyl groups excluding tert-OH is 1. The fourth-order valence-electron chi connectivity index (χ4n) is 1.40. The fourth-order valence-corrected chi connectivity index (χ4v) is 1.40. The Bertz CT molecular complexity index is 195. The van der Waals surface area contributed by atoms with Gasteiger partial charge in [0.25, 0.3) is 0 Å². The lowest BCUT2D eigenvalue weighted by Crippen LogP contribution is -2.43. The van der Waals surface area contributed by atoms with Crippen LogP contribution in [0.1, 0.15) is 0 Å². The van der Waals surface area contributed by atoms with E-state index in [2.05, 4.69) is 10.2 Å². The molecule has 15 heavy (non-hydrogen) atoms. The van der Waals surface area contributed by atoms with Crippen LogP contribution in [0.4, 0.5) is 0 Å². The molecule has 1 saturated heterocycles. The first-order chi connectivity index (χ1) is 7.20. The van der Waals surface area contributed by atoms with Gasteiger partial charge in [-0.1, -0.05) is 0 Å². The summed E-state index contributed by atoms with van der Waals surface area (Å²) >= 11 is 0. The van der Waals surface area contributed by atoms with Gasteiger partial charge < -0.3 is 20.9 Å². The maximum atomic E-state index is 10.5. The molecule has 88 valence electrons. The van der Waals surface area contributed by atoms with Gasteiger partial charge in [0.05, 0.1) is 13.2 Å². The van der Waals surface area contributed by atoms with Crippen molar-refractivity contribution in [2.75, 3.05) is 45.9 Å². The molecule has 0 aliphatic carbocycles. The van der Waals surface area contributed by atoms with Crippen molar-refractivity contribution in [3.8, 4) is 0 Å². The van der Waals surface area contributed by atoms with Crippen molar-refractivity contribution in [2.24, 2.45) is 5.73 Å². The number of amides is 1. The van der Waals surface area contributed by atoms with Gasteiger partial charge in [0.2, 0.25) is 5.91 Å². The summed E-state index contributed by atoms with van der Waals surface area (Å²) in [5.74, 6) is -0.686. The highest BCUT2D eigenvalue weighted by molar-refractivity contribution is 5.78. The van der Waals surface area contributed by atoms with Crippen molar-refractivity contribution in [1.82, 2.24) is 10.2 Å². The number of nitrogens with zero attached hydrogens (tertiary/aromatic N) is 1. The van der Waals surface area contributed by atoms with Crippen LogP contribution in [0.2, 0.25) is 0 Å². The summed E-state index contributed by atoms with van der Waals surface area (Å²) in [7, 11) is 0. The van der Waals surface area contributed by atoms with Gasteiger partial charge in [-0.15, -0.1) is 0 Å². The molecule has 0 bridgehead atoms. The molecule has 1 heterocycles. The Kier molecular flexibility index (Phi) is 5.56. The number of primary amides is 1. The molecule has 1 atom stereocenters. The minimum atomic E-state index is -1.09. The number of hydrogen-bond donors (Lipinski definition) is 3. The highest BCUT2D eigenvalue weighted by Gasteiger charge is 2.11. The largest absolute Gasteiger partial charge is 0.382 e. The first-order valence-electron chi connectivity index (χ1n) is 5.18. The predicted octanol–water partition coefficient (Wildman–Crippen LogP) is -2.25. The van der Waals surface area contributed by atoms with Crippen LogP contribution in [0.25, 0.3) is 0 Å². The second kappa shape index (κ2) is 6.73. The molecular formula is C9H19N3O3. The number of aliphatic hydroxyl groups is 1. The van der Waals surface area contributed by atoms with Gasteiger partial charge in [0, 0.05) is 32.7 Å². The average molecular weight is 217 g/mol. The van der Waals surface area contributed by atoms with Gasteiger partial charge in [-0.2, -0.15) is 0 Å². The number of rotatable bonds is 6. The first-order valence-corrected chi connectivity index (χ1v) is 5.18. The van der Waals surface area contributed by atoms with Crippen LogP contribution in [0, 0.1) is 0 Å². The SMILES string of the molecule is NC(=O)C(O)CNCCN1CCOCC1. The van der Waals surface area contributed by atoms with Crippen LogP contribution in [-0.2, 0) is 9.53 Å². The van der Waals surface area contributed by atoms with Gasteiger partial charge in [-0.3, -0.25) is 9.69 Å². The summed E-state index contributed by atoms with van der Waals surface area (Å²) in [5.41, 5.74) is 4.91. The van der Waals surface area contributed by atoms with Crippen molar-refractivity contribution in [1.29, 1.82) is 0 Å². The first kappa shape index (κ1) is 12.4. The minimum absolute atomic E-state index is 0.222. The van der Waals surface area contributed by atoms with Gasteiger partial charge in [0.1, 0.15) is 6.10 Å². The highest BCUT2D eigenvalue weighted by atomic mass is 16.5. The molecule has 0 aromatic carbocycles. The Labute approximate surface area is 89.4 Å². The van der Waals surface area contributed by atoms with Gasteiger partial charge in [0.15, 0.2) is 0 Å². The second-order valence-corrected chi connectivity index (χ2v) is 3.58. The zero-order valence-electron chi connectivity index (χ0n) is 8.82. The van der Waals surface area contributed by atoms with Gasteiger partial charge in [-0.05, 0) is 0 Å². The molecule has 0 spiro atoms. The lowest BCUT2D eigenvalue weighted by molar-refractivity contribution is -0.125. The number of carbonyl (C=O) groups excluding carboxylic acids is 1. The standard InChI is InChI=1S/C9H19N3O3/c10-9(14)8(13)7-11-1-2-12-3-5-15-6-4-12/h8,11,13H,1-7H2,(H2,10,14). The number of nitrogens with two attached hydrogens (primary N) is 1. The average Bonchev–Trinajstić information content (AvgIpc) is 2.25. The van der Waals surface area contributed by atoms with Crippen LogP contribution in [0.3, 0.4) is 0 Å². The highest BCUT2D eigenvalue weighted by Crippen LogP contribution is 1.94. The quantitative estimate of drug-likeness (QED) is 0.438. The normalized spacial score (nSPS) is 20.1. The molecule has 1 aliphatic heterocycles. The number of nitrogens with one attached hydrogen (secondary N) is 1. The molecule has 1 fully saturated rings. The van der Waals surface area contributed by atoms with Crippen LogP contribution in [0.5, 0.6) is 0 Å². The number of morpholine rings is 1. The molecule has 6 nitrogen and oxygen atoms in total. The zero-order valence-corrected chi connectivity index (χ0v) is 8.82. The molecule has 0 aromatic rings. The summed E-state index contributed by atoms with van der Waals surface area (Å²) in [6.45, 7) is 5.31. The molecular weight excluding hydrogens is 198 g/mol. The Balaban J connectivity index is 1.98. The number of ether oxygens (including phenoxy) is 1. The summed E-state index contributed by atoms with van der Waals surface area (Å²) in [6, 6.07) is 0. The zero-order chi connectivity index (χ0) is 11.1. The van der Waals surface area contributed by atoms with Crippen molar-refractivity contribution in [2.45, 2.75) is 6.10 Å². The molecule has 4 N–H and O–H groups in total. The van der Waals surface area contributed by atoms with E-state index in [0.29, 0.717) is 0 Å². The lowest BCUT2D eigenvalue weighted by atomic mass is 10.3. The van der Waals surface area contributed by atoms with Crippen molar-refractivity contribution in [3.63, 3.8) is 0 Å². The maximum absolute atomic E-state index is 10.5. The molecule has 0 radical (unpaired) electrons. The Hall–Kier alpha value is -0.690. The van der Waals surface area contributed by atoms with E-state index >= 15 is 0 Å². The van der Waals surface area contributed by atoms with E-state index in [1.165, 1.54) is 0 Å². The van der Waals surface area contributed by atoms with E-state index in [1.54, 1.807) is 0 Å². The Morgan fingerprint density at radius 1 is 1.53 bits per heavy atom. The predicted molar refractivity (Wildman–Crippen MR) is 55.3 cm³/mol. The smallest absolute Gasteiger partial charge is 0.247 e. The Morgan fingerprint density at radius 3 is 2.80 bits per heavy atom. The summed E-state index contributed by atoms with van der Waals surface area (Å²) in [5, 5.41) is 12.1. The number of hydrogen-bond acceptors (Lipinski definition) is 5. The van der Waals surface area contributed by atoms with E-state index in [0.717, 1.165) is 39.4 Å². The van der Waals surface area contributed by atoms with E-state index in [1.807, 2.05) is 0 Å². The molecule has 1 unspecified atom stereocenters. The summed E-state index contributed by atoms with van der Waals surface area (Å²) in [4.78, 5) is 12.8. The van der Waals surface area contributed by atoms with Crippen LogP contribution in [-0.4, -0.2) is 68.0 Å². The topological polar surface area (TPSA) is 87.8 Å². The van der Waals surface area contributed by atoms with Gasteiger partial charge in [-0.25, -0.2) is 0 Å². The van der Waals surface area contributed by atoms with Crippen LogP contribution >= 0.6 is 0 Å². The van der Waals surface area contributed by atoms with E-state index < -0.39 is 12.0 Å². The molecule has 1 aliphatic rings. The maximum Gasteiger partial charge on any atom is 0.247 e. The van der Waals surface area contributed by atoms with E-state index in [4.69, 9.17) is 15.6 Å². The summed E-state index contributed by atoms with van der Waals surface area (Å²) < 4.78 is 5.21. The second-order valence-electron chi connectivity index (χ2n) is 3.58. The van der Waals surface area contributed by atoms with Crippen LogP contribution in [0.15, 0.2) is 0 Å². The van der Waals surface area contributed by atoms with E-state index in [-0.39, 0.29) is 6.54 Å². The van der Waals surface area contributed by atoms with Gasteiger partial charge >= 0.3 is 0 Å². The third kappa shape index (κ3) is 5.08. The third-order valence-electron chi connectivity index (χ3n) is 2.37. The number of carbonyl (C=O) groups is 1. The monoisotopic (exact) mass is 217 g/mol. The molecule has 1 rings (SSSR count). The molecule has 0 saturated carbocycles. The van der Waals surface area contributed by atoms with Crippen molar-refractivity contribution >= 4 is 5.91 Å². The minimum Gasteiger partial charge on any atom is -0.382 e. The van der Waals surface area contributed by atoms with Crippen molar-refractivity contribution in [3.05, 3.63) is 0 Å². The molecule has 0 aromatic heterocycles. The van der Waals surface area contributed by atoms with Crippen LogP contribution < -0.4 is 11.1 Å². The van der Waals surface area contributed by atoms with Crippen molar-refractivity contribution < 1.29 is 14.6 Å². The van der Waals surface area contributed by atoms with E-state index in [9.17, 15) is 4.79 Å². The summed E-state index contributed by atoms with van der Waals surface area (Å²) in [6.07, 6.45) is -1.09. The third-order valence-corrected chi connectivity index (χ3v) is 2.37.